The van der Waals surface area contributed by atoms with E-state index in [1.165, 1.54) is 32.1 Å². The average Bonchev–Trinajstić information content (AvgIpc) is 2.39. The van der Waals surface area contributed by atoms with Gasteiger partial charge in [-0.3, -0.25) is 4.79 Å². The van der Waals surface area contributed by atoms with Crippen LogP contribution in [0.3, 0.4) is 0 Å². The van der Waals surface area contributed by atoms with E-state index in [1.54, 1.807) is 0 Å². The standard InChI is InChI=1S/C17H28O2/c1-2-3-4-5-6-7-8-9-10-11-12-13-14-15-16-17(18)19/h7-12H,2-6,13-16H2,1H3,(H,18,19)/b8-7+,10-9+,12-11+. The van der Waals surface area contributed by atoms with Gasteiger partial charge in [0.1, 0.15) is 0 Å². The largest absolute Gasteiger partial charge is 0.481 e. The Morgan fingerprint density at radius 3 is 1.95 bits per heavy atom. The Morgan fingerprint density at radius 1 is 0.842 bits per heavy atom. The molecule has 0 aliphatic heterocycles. The third-order valence-electron chi connectivity index (χ3n) is 2.84. The van der Waals surface area contributed by atoms with Gasteiger partial charge in [0, 0.05) is 6.42 Å². The van der Waals surface area contributed by atoms with Crippen molar-refractivity contribution >= 4 is 5.97 Å². The van der Waals surface area contributed by atoms with Crippen LogP contribution >= 0.6 is 0 Å². The summed E-state index contributed by atoms with van der Waals surface area (Å²) in [7, 11) is 0. The number of allylic oxidation sites excluding steroid dienone is 6. The summed E-state index contributed by atoms with van der Waals surface area (Å²) in [5.74, 6) is -0.701. The smallest absolute Gasteiger partial charge is 0.303 e. The topological polar surface area (TPSA) is 37.3 Å². The van der Waals surface area contributed by atoms with Gasteiger partial charge in [-0.2, -0.15) is 0 Å². The van der Waals surface area contributed by atoms with Crippen LogP contribution in [0.5, 0.6) is 0 Å². The van der Waals surface area contributed by atoms with E-state index >= 15 is 0 Å². The maximum atomic E-state index is 10.3. The first kappa shape index (κ1) is 17.7. The zero-order chi connectivity index (χ0) is 14.2. The van der Waals surface area contributed by atoms with Crippen molar-refractivity contribution in [1.29, 1.82) is 0 Å². The minimum atomic E-state index is -0.701. The zero-order valence-electron chi connectivity index (χ0n) is 12.2. The van der Waals surface area contributed by atoms with Crippen molar-refractivity contribution in [3.05, 3.63) is 36.5 Å². The van der Waals surface area contributed by atoms with Gasteiger partial charge in [0.25, 0.3) is 0 Å². The van der Waals surface area contributed by atoms with Crippen molar-refractivity contribution in [2.24, 2.45) is 0 Å². The molecule has 0 saturated heterocycles. The summed E-state index contributed by atoms with van der Waals surface area (Å²) in [5.41, 5.74) is 0. The highest BCUT2D eigenvalue weighted by atomic mass is 16.4. The first-order valence-corrected chi connectivity index (χ1v) is 7.47. The van der Waals surface area contributed by atoms with Crippen LogP contribution in [0.2, 0.25) is 0 Å². The molecule has 0 heterocycles. The van der Waals surface area contributed by atoms with Gasteiger partial charge in [0.05, 0.1) is 0 Å². The van der Waals surface area contributed by atoms with Crippen LogP contribution in [0, 0.1) is 0 Å². The molecule has 0 radical (unpaired) electrons. The van der Waals surface area contributed by atoms with Crippen molar-refractivity contribution in [3.8, 4) is 0 Å². The molecule has 0 saturated carbocycles. The molecule has 0 aromatic rings. The fraction of sp³-hybridized carbons (Fsp3) is 0.588. The minimum Gasteiger partial charge on any atom is -0.481 e. The molecule has 0 spiro atoms. The summed E-state index contributed by atoms with van der Waals surface area (Å²) in [6.07, 6.45) is 21.9. The SMILES string of the molecule is CCCCCC/C=C/C=C/C=C/CCCCC(=O)O. The second kappa shape index (κ2) is 14.7. The first-order chi connectivity index (χ1) is 9.27. The van der Waals surface area contributed by atoms with E-state index in [0.29, 0.717) is 0 Å². The highest BCUT2D eigenvalue weighted by Gasteiger charge is 1.93. The van der Waals surface area contributed by atoms with E-state index < -0.39 is 5.97 Å². The predicted octanol–water partition coefficient (Wildman–Crippen LogP) is 5.27. The zero-order valence-corrected chi connectivity index (χ0v) is 12.2. The molecule has 0 aromatic carbocycles. The second-order valence-corrected chi connectivity index (χ2v) is 4.73. The Labute approximate surface area is 117 Å². The van der Waals surface area contributed by atoms with Gasteiger partial charge in [0.15, 0.2) is 0 Å². The van der Waals surface area contributed by atoms with Crippen LogP contribution in [0.4, 0.5) is 0 Å². The van der Waals surface area contributed by atoms with Crippen molar-refractivity contribution in [2.45, 2.75) is 64.7 Å². The van der Waals surface area contributed by atoms with Crippen molar-refractivity contribution in [3.63, 3.8) is 0 Å². The Hall–Kier alpha value is -1.31. The van der Waals surface area contributed by atoms with Crippen molar-refractivity contribution in [1.82, 2.24) is 0 Å². The quantitative estimate of drug-likeness (QED) is 0.385. The van der Waals surface area contributed by atoms with Gasteiger partial charge in [-0.25, -0.2) is 0 Å². The molecule has 0 unspecified atom stereocenters. The molecule has 0 aliphatic rings. The lowest BCUT2D eigenvalue weighted by Crippen LogP contribution is -1.92. The summed E-state index contributed by atoms with van der Waals surface area (Å²) in [6.45, 7) is 2.23. The number of unbranched alkanes of at least 4 members (excludes halogenated alkanes) is 6. The highest BCUT2D eigenvalue weighted by Crippen LogP contribution is 2.03. The molecule has 0 atom stereocenters. The van der Waals surface area contributed by atoms with E-state index in [9.17, 15) is 4.79 Å². The van der Waals surface area contributed by atoms with Crippen LogP contribution in [0.1, 0.15) is 64.7 Å². The van der Waals surface area contributed by atoms with E-state index in [-0.39, 0.29) is 6.42 Å². The normalized spacial score (nSPS) is 12.1. The van der Waals surface area contributed by atoms with Crippen LogP contribution < -0.4 is 0 Å². The molecular formula is C17H28O2. The number of rotatable bonds is 12. The summed E-state index contributed by atoms with van der Waals surface area (Å²) in [5, 5.41) is 8.47. The van der Waals surface area contributed by atoms with Crippen molar-refractivity contribution < 1.29 is 9.90 Å². The third-order valence-corrected chi connectivity index (χ3v) is 2.84. The summed E-state index contributed by atoms with van der Waals surface area (Å²) >= 11 is 0. The Kier molecular flexibility index (Phi) is 13.7. The van der Waals surface area contributed by atoms with Crippen LogP contribution in [-0.4, -0.2) is 11.1 Å². The fourth-order valence-electron chi connectivity index (χ4n) is 1.71. The lowest BCUT2D eigenvalue weighted by atomic mass is 10.1. The lowest BCUT2D eigenvalue weighted by molar-refractivity contribution is -0.137. The van der Waals surface area contributed by atoms with Gasteiger partial charge in [-0.05, 0) is 32.1 Å². The van der Waals surface area contributed by atoms with Crippen molar-refractivity contribution in [2.75, 3.05) is 0 Å². The number of carbonyl (C=O) groups is 1. The molecule has 2 heteroatoms. The molecule has 19 heavy (non-hydrogen) atoms. The molecule has 108 valence electrons. The predicted molar refractivity (Wildman–Crippen MR) is 82.3 cm³/mol. The number of carboxylic acid groups (broad SMARTS) is 1. The highest BCUT2D eigenvalue weighted by molar-refractivity contribution is 5.66. The lowest BCUT2D eigenvalue weighted by Gasteiger charge is -1.93. The Balaban J connectivity index is 3.36. The van der Waals surface area contributed by atoms with E-state index in [1.807, 2.05) is 18.2 Å². The molecule has 0 fully saturated rings. The van der Waals surface area contributed by atoms with Gasteiger partial charge >= 0.3 is 5.97 Å². The molecule has 2 nitrogen and oxygen atoms in total. The summed E-state index contributed by atoms with van der Waals surface area (Å²) in [6, 6.07) is 0. The Morgan fingerprint density at radius 2 is 1.42 bits per heavy atom. The molecule has 0 rings (SSSR count). The molecule has 1 N–H and O–H groups in total. The van der Waals surface area contributed by atoms with E-state index in [2.05, 4.69) is 25.2 Å². The van der Waals surface area contributed by atoms with Crippen LogP contribution in [0.25, 0.3) is 0 Å². The number of hydrogen-bond acceptors (Lipinski definition) is 1. The summed E-state index contributed by atoms with van der Waals surface area (Å²) in [4.78, 5) is 10.3. The monoisotopic (exact) mass is 264 g/mol. The average molecular weight is 264 g/mol. The van der Waals surface area contributed by atoms with Gasteiger partial charge in [0.2, 0.25) is 0 Å². The minimum absolute atomic E-state index is 0.282. The van der Waals surface area contributed by atoms with Crippen LogP contribution in [-0.2, 0) is 4.79 Å². The molecule has 0 aromatic heterocycles. The first-order valence-electron chi connectivity index (χ1n) is 7.47. The number of aliphatic carboxylic acids is 1. The Bertz CT molecular complexity index is 288. The fourth-order valence-corrected chi connectivity index (χ4v) is 1.71. The summed E-state index contributed by atoms with van der Waals surface area (Å²) < 4.78 is 0. The third kappa shape index (κ3) is 16.7. The van der Waals surface area contributed by atoms with Crippen LogP contribution in [0.15, 0.2) is 36.5 Å². The van der Waals surface area contributed by atoms with Gasteiger partial charge in [-0.1, -0.05) is 62.6 Å². The maximum Gasteiger partial charge on any atom is 0.303 e. The van der Waals surface area contributed by atoms with Gasteiger partial charge < -0.3 is 5.11 Å². The molecule has 0 aliphatic carbocycles. The molecular weight excluding hydrogens is 236 g/mol. The second-order valence-electron chi connectivity index (χ2n) is 4.73. The number of hydrogen-bond donors (Lipinski definition) is 1. The molecule has 0 amide bonds. The van der Waals surface area contributed by atoms with E-state index in [4.69, 9.17) is 5.11 Å². The maximum absolute atomic E-state index is 10.3. The molecule has 0 bridgehead atoms. The number of carboxylic acids is 1. The van der Waals surface area contributed by atoms with Gasteiger partial charge in [-0.15, -0.1) is 0 Å². The van der Waals surface area contributed by atoms with E-state index in [0.717, 1.165) is 19.3 Å².